The third kappa shape index (κ3) is 4.05. The van der Waals surface area contributed by atoms with Crippen LogP contribution in [0.3, 0.4) is 0 Å². The van der Waals surface area contributed by atoms with E-state index < -0.39 is 10.0 Å². The van der Waals surface area contributed by atoms with Gasteiger partial charge in [0.25, 0.3) is 0 Å². The molecular weight excluding hydrogens is 284 g/mol. The summed E-state index contributed by atoms with van der Waals surface area (Å²) in [6.45, 7) is 6.37. The van der Waals surface area contributed by atoms with Crippen LogP contribution in [0.2, 0.25) is 0 Å². The molecule has 0 aromatic heterocycles. The average molecular weight is 310 g/mol. The van der Waals surface area contributed by atoms with Crippen LogP contribution in [-0.4, -0.2) is 38.4 Å². The Balaban J connectivity index is 2.19. The van der Waals surface area contributed by atoms with Crippen molar-refractivity contribution in [3.05, 3.63) is 29.8 Å². The lowest BCUT2D eigenvalue weighted by atomic mass is 10.1. The van der Waals surface area contributed by atoms with E-state index in [1.54, 1.807) is 16.4 Å². The molecule has 0 saturated carbocycles. The molecule has 1 aliphatic rings. The molecule has 0 radical (unpaired) electrons. The minimum atomic E-state index is -3.38. The van der Waals surface area contributed by atoms with Crippen molar-refractivity contribution >= 4 is 10.0 Å². The fourth-order valence-electron chi connectivity index (χ4n) is 2.85. The Kier molecular flexibility index (Phi) is 5.79. The lowest BCUT2D eigenvalue weighted by Gasteiger charge is -2.35. The summed E-state index contributed by atoms with van der Waals surface area (Å²) in [6.07, 6.45) is 4.08. The summed E-state index contributed by atoms with van der Waals surface area (Å²) in [4.78, 5) is 0.421. The smallest absolute Gasteiger partial charge is 0.243 e. The first-order valence-electron chi connectivity index (χ1n) is 7.85. The minimum absolute atomic E-state index is 0.0795. The van der Waals surface area contributed by atoms with Crippen LogP contribution in [0, 0.1) is 6.92 Å². The van der Waals surface area contributed by atoms with Crippen molar-refractivity contribution in [2.45, 2.75) is 50.5 Å². The van der Waals surface area contributed by atoms with E-state index in [1.807, 2.05) is 19.1 Å². The summed E-state index contributed by atoms with van der Waals surface area (Å²) >= 11 is 0. The number of piperidine rings is 1. The van der Waals surface area contributed by atoms with Crippen molar-refractivity contribution in [3.63, 3.8) is 0 Å². The van der Waals surface area contributed by atoms with E-state index in [0.29, 0.717) is 11.4 Å². The average Bonchev–Trinajstić information content (AvgIpc) is 2.48. The number of rotatable bonds is 6. The van der Waals surface area contributed by atoms with Crippen molar-refractivity contribution < 1.29 is 8.42 Å². The monoisotopic (exact) mass is 310 g/mol. The molecule has 0 amide bonds. The Morgan fingerprint density at radius 1 is 1.33 bits per heavy atom. The van der Waals surface area contributed by atoms with E-state index in [4.69, 9.17) is 0 Å². The first kappa shape index (κ1) is 16.5. The predicted molar refractivity (Wildman–Crippen MR) is 85.9 cm³/mol. The fourth-order valence-corrected chi connectivity index (χ4v) is 4.65. The van der Waals surface area contributed by atoms with Gasteiger partial charge in [0.2, 0.25) is 10.0 Å². The zero-order valence-corrected chi connectivity index (χ0v) is 13.8. The lowest BCUT2D eigenvalue weighted by Crippen LogP contribution is -2.48. The van der Waals surface area contributed by atoms with E-state index in [1.165, 1.54) is 0 Å². The van der Waals surface area contributed by atoms with Crippen LogP contribution < -0.4 is 5.32 Å². The highest BCUT2D eigenvalue weighted by atomic mass is 32.2. The molecule has 4 nitrogen and oxygen atoms in total. The van der Waals surface area contributed by atoms with Crippen LogP contribution >= 0.6 is 0 Å². The summed E-state index contributed by atoms with van der Waals surface area (Å²) in [5.41, 5.74) is 0.980. The van der Waals surface area contributed by atoms with Crippen LogP contribution in [-0.2, 0) is 10.0 Å². The quantitative estimate of drug-likeness (QED) is 0.822. The van der Waals surface area contributed by atoms with Crippen molar-refractivity contribution in [2.75, 3.05) is 19.6 Å². The second-order valence-corrected chi connectivity index (χ2v) is 7.68. The highest BCUT2D eigenvalue weighted by molar-refractivity contribution is 7.89. The highest BCUT2D eigenvalue weighted by Crippen LogP contribution is 2.25. The highest BCUT2D eigenvalue weighted by Gasteiger charge is 2.33. The molecule has 0 bridgehead atoms. The maximum atomic E-state index is 12.9. The van der Waals surface area contributed by atoms with E-state index in [2.05, 4.69) is 12.2 Å². The first-order chi connectivity index (χ1) is 10.1. The van der Waals surface area contributed by atoms with Gasteiger partial charge in [-0.15, -0.1) is 0 Å². The molecule has 1 aromatic rings. The SMILES string of the molecule is CCCNCC1CCCCN1S(=O)(=O)c1cccc(C)c1. The fraction of sp³-hybridized carbons (Fsp3) is 0.625. The molecule has 1 heterocycles. The number of aryl methyl sites for hydroxylation is 1. The Hall–Kier alpha value is -0.910. The zero-order chi connectivity index (χ0) is 15.3. The molecule has 1 saturated heterocycles. The van der Waals surface area contributed by atoms with E-state index >= 15 is 0 Å². The summed E-state index contributed by atoms with van der Waals surface area (Å²) in [6, 6.07) is 7.29. The third-order valence-electron chi connectivity index (χ3n) is 3.98. The summed E-state index contributed by atoms with van der Waals surface area (Å²) in [7, 11) is -3.38. The Labute approximate surface area is 128 Å². The normalized spacial score (nSPS) is 20.6. The van der Waals surface area contributed by atoms with Gasteiger partial charge in [-0.3, -0.25) is 0 Å². The standard InChI is InChI=1S/C16H26N2O2S/c1-3-10-17-13-15-8-4-5-11-18(15)21(19,20)16-9-6-7-14(2)12-16/h6-7,9,12,15,17H,3-5,8,10-11,13H2,1-2H3. The van der Waals surface area contributed by atoms with Gasteiger partial charge in [0.1, 0.15) is 0 Å². The van der Waals surface area contributed by atoms with E-state index in [9.17, 15) is 8.42 Å². The van der Waals surface area contributed by atoms with Gasteiger partial charge in [0.15, 0.2) is 0 Å². The van der Waals surface area contributed by atoms with Gasteiger partial charge < -0.3 is 5.32 Å². The molecule has 1 aromatic carbocycles. The Morgan fingerprint density at radius 2 is 2.14 bits per heavy atom. The van der Waals surface area contributed by atoms with Crippen LogP contribution in [0.4, 0.5) is 0 Å². The second kappa shape index (κ2) is 7.38. The van der Waals surface area contributed by atoms with Gasteiger partial charge in [-0.05, 0) is 50.4 Å². The van der Waals surface area contributed by atoms with Crippen molar-refractivity contribution in [1.29, 1.82) is 0 Å². The van der Waals surface area contributed by atoms with Crippen LogP contribution in [0.15, 0.2) is 29.2 Å². The molecule has 2 rings (SSSR count). The topological polar surface area (TPSA) is 49.4 Å². The van der Waals surface area contributed by atoms with Gasteiger partial charge in [-0.1, -0.05) is 25.5 Å². The molecule has 0 aliphatic carbocycles. The molecule has 1 N–H and O–H groups in total. The molecule has 1 atom stereocenters. The van der Waals surface area contributed by atoms with Gasteiger partial charge in [0.05, 0.1) is 4.90 Å². The van der Waals surface area contributed by atoms with Crippen molar-refractivity contribution in [2.24, 2.45) is 0 Å². The predicted octanol–water partition coefficient (Wildman–Crippen LogP) is 2.54. The Bertz CT molecular complexity index is 557. The maximum absolute atomic E-state index is 12.9. The number of hydrogen-bond acceptors (Lipinski definition) is 3. The van der Waals surface area contributed by atoms with E-state index in [-0.39, 0.29) is 6.04 Å². The molecule has 118 valence electrons. The second-order valence-electron chi connectivity index (χ2n) is 5.79. The molecule has 0 spiro atoms. The molecule has 5 heteroatoms. The maximum Gasteiger partial charge on any atom is 0.243 e. The summed E-state index contributed by atoms with van der Waals surface area (Å²) < 4.78 is 27.5. The van der Waals surface area contributed by atoms with Crippen molar-refractivity contribution in [1.82, 2.24) is 9.62 Å². The number of benzene rings is 1. The number of sulfonamides is 1. The number of hydrogen-bond donors (Lipinski definition) is 1. The largest absolute Gasteiger partial charge is 0.315 e. The van der Waals surface area contributed by atoms with Gasteiger partial charge in [0, 0.05) is 19.1 Å². The minimum Gasteiger partial charge on any atom is -0.315 e. The van der Waals surface area contributed by atoms with Crippen LogP contribution in [0.1, 0.15) is 38.2 Å². The van der Waals surface area contributed by atoms with Gasteiger partial charge in [-0.25, -0.2) is 8.42 Å². The number of nitrogens with one attached hydrogen (secondary N) is 1. The Morgan fingerprint density at radius 3 is 2.86 bits per heavy atom. The molecule has 1 aliphatic heterocycles. The molecular formula is C16H26N2O2S. The molecule has 21 heavy (non-hydrogen) atoms. The molecule has 1 fully saturated rings. The molecule has 1 unspecified atom stereocenters. The van der Waals surface area contributed by atoms with Crippen LogP contribution in [0.5, 0.6) is 0 Å². The third-order valence-corrected chi connectivity index (χ3v) is 5.92. The summed E-state index contributed by atoms with van der Waals surface area (Å²) in [5, 5.41) is 3.36. The zero-order valence-electron chi connectivity index (χ0n) is 13.0. The summed E-state index contributed by atoms with van der Waals surface area (Å²) in [5.74, 6) is 0. The van der Waals surface area contributed by atoms with Crippen molar-refractivity contribution in [3.8, 4) is 0 Å². The number of nitrogens with zero attached hydrogens (tertiary/aromatic N) is 1. The van der Waals surface area contributed by atoms with Gasteiger partial charge >= 0.3 is 0 Å². The van der Waals surface area contributed by atoms with Crippen LogP contribution in [0.25, 0.3) is 0 Å². The van der Waals surface area contributed by atoms with Gasteiger partial charge in [-0.2, -0.15) is 4.31 Å². The van der Waals surface area contributed by atoms with E-state index in [0.717, 1.165) is 44.3 Å². The first-order valence-corrected chi connectivity index (χ1v) is 9.29. The lowest BCUT2D eigenvalue weighted by molar-refractivity contribution is 0.246.